The highest BCUT2D eigenvalue weighted by Gasteiger charge is 1.97. The van der Waals surface area contributed by atoms with E-state index < -0.39 is 0 Å². The van der Waals surface area contributed by atoms with Crippen LogP contribution in [0.4, 0.5) is 11.8 Å². The molecule has 12 heavy (non-hydrogen) atoms. The van der Waals surface area contributed by atoms with Gasteiger partial charge in [-0.2, -0.15) is 4.98 Å². The van der Waals surface area contributed by atoms with Crippen LogP contribution in [0, 0.1) is 12.0 Å². The first-order chi connectivity index (χ1) is 5.72. The van der Waals surface area contributed by atoms with Crippen LogP contribution >= 0.6 is 11.6 Å². The highest BCUT2D eigenvalue weighted by Crippen LogP contribution is 2.11. The van der Waals surface area contributed by atoms with Gasteiger partial charge < -0.3 is 5.73 Å². The van der Waals surface area contributed by atoms with Crippen LogP contribution in [0.5, 0.6) is 0 Å². The van der Waals surface area contributed by atoms with Crippen LogP contribution in [0.2, 0.25) is 5.15 Å². The fourth-order valence-corrected chi connectivity index (χ4v) is 0.816. The van der Waals surface area contributed by atoms with Crippen molar-refractivity contribution in [1.82, 2.24) is 9.97 Å². The van der Waals surface area contributed by atoms with E-state index in [0.717, 1.165) is 0 Å². The Hall–Kier alpha value is -1.47. The lowest BCUT2D eigenvalue weighted by Gasteiger charge is -1.98. The largest absolute Gasteiger partial charge is 0.368 e. The highest BCUT2D eigenvalue weighted by molar-refractivity contribution is 6.29. The molecule has 0 aliphatic rings. The van der Waals surface area contributed by atoms with Gasteiger partial charge in [-0.15, -0.1) is 0 Å². The molecule has 1 rings (SSSR count). The van der Waals surface area contributed by atoms with Crippen molar-refractivity contribution >= 4 is 23.4 Å². The van der Waals surface area contributed by atoms with Gasteiger partial charge in [0.1, 0.15) is 11.0 Å². The zero-order valence-corrected chi connectivity index (χ0v) is 7.18. The molecule has 0 aliphatic carbocycles. The minimum Gasteiger partial charge on any atom is -0.368 e. The molecule has 5 heteroatoms. The Bertz CT molecular complexity index is 319. The monoisotopic (exact) mass is 182 g/mol. The van der Waals surface area contributed by atoms with Crippen molar-refractivity contribution in [3.63, 3.8) is 0 Å². The second-order valence-corrected chi connectivity index (χ2v) is 2.32. The Labute approximate surface area is 75.2 Å². The normalized spacial score (nSPS) is 8.50. The number of halogens is 1. The fraction of sp³-hybridized carbons (Fsp3) is 0.143. The number of nitrogens with two attached hydrogens (primary N) is 1. The van der Waals surface area contributed by atoms with Gasteiger partial charge in [0.25, 0.3) is 0 Å². The van der Waals surface area contributed by atoms with E-state index in [-0.39, 0.29) is 5.95 Å². The molecule has 0 aliphatic heterocycles. The van der Waals surface area contributed by atoms with E-state index in [2.05, 4.69) is 27.2 Å². The van der Waals surface area contributed by atoms with E-state index in [4.69, 9.17) is 17.3 Å². The summed E-state index contributed by atoms with van der Waals surface area (Å²) in [5.41, 5.74) is 5.34. The zero-order chi connectivity index (χ0) is 8.97. The molecule has 0 radical (unpaired) electrons. The van der Waals surface area contributed by atoms with Crippen molar-refractivity contribution in [2.75, 3.05) is 11.1 Å². The van der Waals surface area contributed by atoms with Crippen LogP contribution in [-0.2, 0) is 0 Å². The third kappa shape index (κ3) is 2.29. The molecule has 3 N–H and O–H groups in total. The van der Waals surface area contributed by atoms with E-state index in [9.17, 15) is 0 Å². The number of anilines is 2. The van der Waals surface area contributed by atoms with Gasteiger partial charge in [-0.05, 0) is 6.92 Å². The van der Waals surface area contributed by atoms with Crippen molar-refractivity contribution in [2.45, 2.75) is 6.92 Å². The van der Waals surface area contributed by atoms with E-state index in [1.54, 1.807) is 13.0 Å². The van der Waals surface area contributed by atoms with E-state index in [0.29, 0.717) is 11.0 Å². The summed E-state index contributed by atoms with van der Waals surface area (Å²) in [6.45, 7) is 1.71. The number of nitrogen functional groups attached to an aromatic ring is 1. The van der Waals surface area contributed by atoms with Crippen LogP contribution < -0.4 is 11.1 Å². The molecule has 0 amide bonds. The van der Waals surface area contributed by atoms with E-state index in [1.165, 1.54) is 0 Å². The predicted octanol–water partition coefficient (Wildman–Crippen LogP) is 1.10. The SMILES string of the molecule is CC#CNc1cc(Cl)nc(N)n1. The highest BCUT2D eigenvalue weighted by atomic mass is 35.5. The lowest BCUT2D eigenvalue weighted by Crippen LogP contribution is -1.99. The van der Waals surface area contributed by atoms with Crippen molar-refractivity contribution in [3.8, 4) is 12.0 Å². The maximum Gasteiger partial charge on any atom is 0.223 e. The van der Waals surface area contributed by atoms with Crippen molar-refractivity contribution < 1.29 is 0 Å². The Morgan fingerprint density at radius 2 is 2.33 bits per heavy atom. The second-order valence-electron chi connectivity index (χ2n) is 1.93. The smallest absolute Gasteiger partial charge is 0.223 e. The van der Waals surface area contributed by atoms with Gasteiger partial charge in [-0.1, -0.05) is 17.5 Å². The third-order valence-electron chi connectivity index (χ3n) is 1.03. The molecule has 4 nitrogen and oxygen atoms in total. The quantitative estimate of drug-likeness (QED) is 0.388. The number of nitrogens with zero attached hydrogens (tertiary/aromatic N) is 2. The van der Waals surface area contributed by atoms with E-state index >= 15 is 0 Å². The number of rotatable bonds is 1. The van der Waals surface area contributed by atoms with Crippen LogP contribution in [0.1, 0.15) is 6.92 Å². The number of nitrogens with one attached hydrogen (secondary N) is 1. The maximum atomic E-state index is 5.61. The first kappa shape index (κ1) is 8.62. The minimum atomic E-state index is 0.128. The van der Waals surface area contributed by atoms with Crippen molar-refractivity contribution in [3.05, 3.63) is 11.2 Å². The van der Waals surface area contributed by atoms with Crippen LogP contribution in [0.25, 0.3) is 0 Å². The lowest BCUT2D eigenvalue weighted by atomic mass is 10.6. The molecular weight excluding hydrogens is 176 g/mol. The van der Waals surface area contributed by atoms with Gasteiger partial charge in [-0.25, -0.2) is 4.98 Å². The lowest BCUT2D eigenvalue weighted by molar-refractivity contribution is 1.19. The molecule has 1 heterocycles. The summed E-state index contributed by atoms with van der Waals surface area (Å²) in [6.07, 6.45) is 0. The summed E-state index contributed by atoms with van der Waals surface area (Å²) in [6, 6.07) is 4.16. The minimum absolute atomic E-state index is 0.128. The van der Waals surface area contributed by atoms with Crippen molar-refractivity contribution in [1.29, 1.82) is 0 Å². The van der Waals surface area contributed by atoms with Crippen molar-refractivity contribution in [2.24, 2.45) is 0 Å². The molecular formula is C7H7ClN4. The van der Waals surface area contributed by atoms with Gasteiger partial charge in [0, 0.05) is 12.1 Å². The summed E-state index contributed by atoms with van der Waals surface area (Å²) in [5.74, 6) is 3.28. The van der Waals surface area contributed by atoms with Crippen LogP contribution in [-0.4, -0.2) is 9.97 Å². The average molecular weight is 183 g/mol. The summed E-state index contributed by atoms with van der Waals surface area (Å²) >= 11 is 5.61. The molecule has 62 valence electrons. The van der Waals surface area contributed by atoms with Gasteiger partial charge >= 0.3 is 0 Å². The summed E-state index contributed by atoms with van der Waals surface area (Å²) in [5, 5.41) is 2.99. The molecule has 0 atom stereocenters. The maximum absolute atomic E-state index is 5.61. The topological polar surface area (TPSA) is 63.8 Å². The van der Waals surface area contributed by atoms with Gasteiger partial charge in [0.15, 0.2) is 0 Å². The first-order valence-corrected chi connectivity index (χ1v) is 3.58. The summed E-state index contributed by atoms with van der Waals surface area (Å²) < 4.78 is 0. The van der Waals surface area contributed by atoms with Crippen LogP contribution in [0.15, 0.2) is 6.07 Å². The summed E-state index contributed by atoms with van der Waals surface area (Å²) in [7, 11) is 0. The fourth-order valence-electron chi connectivity index (χ4n) is 0.626. The molecule has 0 unspecified atom stereocenters. The predicted molar refractivity (Wildman–Crippen MR) is 48.5 cm³/mol. The van der Waals surface area contributed by atoms with E-state index in [1.807, 2.05) is 0 Å². The number of hydrogen-bond acceptors (Lipinski definition) is 4. The van der Waals surface area contributed by atoms with Gasteiger partial charge in [0.2, 0.25) is 5.95 Å². The third-order valence-corrected chi connectivity index (χ3v) is 1.22. The molecule has 0 spiro atoms. The van der Waals surface area contributed by atoms with Crippen LogP contribution in [0.3, 0.4) is 0 Å². The second kappa shape index (κ2) is 3.79. The average Bonchev–Trinajstić information content (AvgIpc) is 1.99. The molecule has 0 bridgehead atoms. The Morgan fingerprint density at radius 1 is 1.58 bits per heavy atom. The molecule has 1 aromatic heterocycles. The summed E-state index contributed by atoms with van der Waals surface area (Å²) in [4.78, 5) is 7.53. The first-order valence-electron chi connectivity index (χ1n) is 3.20. The Balaban J connectivity index is 2.90. The Morgan fingerprint density at radius 3 is 2.92 bits per heavy atom. The Kier molecular flexibility index (Phi) is 2.72. The molecule has 0 saturated carbocycles. The molecule has 1 aromatic rings. The van der Waals surface area contributed by atoms with Gasteiger partial charge in [-0.3, -0.25) is 5.32 Å². The van der Waals surface area contributed by atoms with Gasteiger partial charge in [0.05, 0.1) is 0 Å². The number of aromatic nitrogens is 2. The molecule has 0 saturated heterocycles. The molecule has 0 aromatic carbocycles. The standard InChI is InChI=1S/C7H7ClN4/c1-2-3-10-6-4-5(8)11-7(9)12-6/h4H,1H3,(H3,9,10,11,12). The number of hydrogen-bond donors (Lipinski definition) is 2. The zero-order valence-electron chi connectivity index (χ0n) is 6.43. The molecule has 0 fully saturated rings.